The number of fused-ring (bicyclic) bond motifs is 1. The highest BCUT2D eigenvalue weighted by molar-refractivity contribution is 5.82. The molecule has 2 saturated heterocycles. The fraction of sp³-hybridized carbons (Fsp3) is 0.462. The van der Waals surface area contributed by atoms with Gasteiger partial charge < -0.3 is 14.5 Å². The molecule has 7 nitrogen and oxygen atoms in total. The number of aromatic nitrogens is 3. The molecule has 2 aromatic heterocycles. The molecule has 0 spiro atoms. The summed E-state index contributed by atoms with van der Waals surface area (Å²) in [6.07, 6.45) is 7.14. The van der Waals surface area contributed by atoms with E-state index in [1.54, 1.807) is 12.3 Å². The van der Waals surface area contributed by atoms with Gasteiger partial charge in [0.25, 0.3) is 0 Å². The van der Waals surface area contributed by atoms with Gasteiger partial charge in [-0.25, -0.2) is 14.4 Å². The van der Waals surface area contributed by atoms with Crippen molar-refractivity contribution in [3.8, 4) is 0 Å². The number of hydrogen-bond donors (Lipinski definition) is 0. The lowest BCUT2D eigenvalue weighted by molar-refractivity contribution is -0.140. The Hall–Kier alpha value is -3.13. The van der Waals surface area contributed by atoms with Crippen LogP contribution in [-0.2, 0) is 16.1 Å². The van der Waals surface area contributed by atoms with Crippen molar-refractivity contribution in [3.05, 3.63) is 59.8 Å². The van der Waals surface area contributed by atoms with E-state index in [4.69, 9.17) is 4.74 Å². The van der Waals surface area contributed by atoms with Gasteiger partial charge in [-0.15, -0.1) is 0 Å². The van der Waals surface area contributed by atoms with Gasteiger partial charge in [-0.2, -0.15) is 0 Å². The quantitative estimate of drug-likeness (QED) is 0.572. The number of anilines is 1. The Morgan fingerprint density at radius 3 is 2.79 bits per heavy atom. The number of piperidine rings is 2. The number of nitrogens with zero attached hydrogens (tertiary/aromatic N) is 5. The number of halogens is 1. The third kappa shape index (κ3) is 5.01. The second-order valence-electron chi connectivity index (χ2n) is 9.25. The number of rotatable bonds is 5. The van der Waals surface area contributed by atoms with Crippen LogP contribution in [0.25, 0.3) is 10.9 Å². The Morgan fingerprint density at radius 2 is 2.00 bits per heavy atom. The second-order valence-corrected chi connectivity index (χ2v) is 9.25. The number of pyridine rings is 1. The maximum absolute atomic E-state index is 13.6. The first-order valence-electron chi connectivity index (χ1n) is 12.0. The van der Waals surface area contributed by atoms with E-state index in [0.29, 0.717) is 19.1 Å². The van der Waals surface area contributed by atoms with Gasteiger partial charge in [-0.05, 0) is 62.4 Å². The highest BCUT2D eigenvalue weighted by Crippen LogP contribution is 2.27. The smallest absolute Gasteiger partial charge is 0.226 e. The zero-order valence-corrected chi connectivity index (χ0v) is 19.5. The molecule has 8 heteroatoms. The monoisotopic (exact) mass is 463 g/mol. The summed E-state index contributed by atoms with van der Waals surface area (Å²) in [6, 6.07) is 8.52. The fourth-order valence-corrected chi connectivity index (χ4v) is 4.94. The molecule has 1 amide bonds. The van der Waals surface area contributed by atoms with Crippen LogP contribution in [0.2, 0.25) is 0 Å². The molecule has 0 bridgehead atoms. The van der Waals surface area contributed by atoms with Crippen molar-refractivity contribution in [1.82, 2.24) is 19.9 Å². The van der Waals surface area contributed by atoms with Gasteiger partial charge in [0.15, 0.2) is 0 Å². The van der Waals surface area contributed by atoms with Gasteiger partial charge in [0.2, 0.25) is 11.9 Å². The van der Waals surface area contributed by atoms with Crippen LogP contribution in [0.3, 0.4) is 0 Å². The normalized spacial score (nSPS) is 19.5. The van der Waals surface area contributed by atoms with Gasteiger partial charge in [0.1, 0.15) is 5.82 Å². The number of benzene rings is 1. The van der Waals surface area contributed by atoms with Gasteiger partial charge in [-0.3, -0.25) is 9.78 Å². The van der Waals surface area contributed by atoms with Crippen molar-refractivity contribution in [2.75, 3.05) is 31.1 Å². The Morgan fingerprint density at radius 1 is 1.15 bits per heavy atom. The molecule has 1 unspecified atom stereocenters. The molecular formula is C26H30FN5O2. The number of likely N-dealkylation sites (tertiary alicyclic amines) is 1. The molecule has 3 aromatic rings. The van der Waals surface area contributed by atoms with E-state index in [0.717, 1.165) is 67.5 Å². The van der Waals surface area contributed by atoms with Gasteiger partial charge in [0, 0.05) is 49.9 Å². The minimum atomic E-state index is -0.284. The number of aryl methyl sites for hydroxylation is 1. The van der Waals surface area contributed by atoms with Crippen molar-refractivity contribution in [3.63, 3.8) is 0 Å². The van der Waals surface area contributed by atoms with E-state index < -0.39 is 0 Å². The van der Waals surface area contributed by atoms with Gasteiger partial charge in [-0.1, -0.05) is 6.07 Å². The second kappa shape index (κ2) is 10.0. The van der Waals surface area contributed by atoms with Crippen LogP contribution in [0.15, 0.2) is 42.7 Å². The van der Waals surface area contributed by atoms with E-state index in [1.165, 1.54) is 12.1 Å². The lowest BCUT2D eigenvalue weighted by Crippen LogP contribution is -2.48. The molecule has 0 radical (unpaired) electrons. The molecule has 1 atom stereocenters. The largest absolute Gasteiger partial charge is 0.372 e. The average molecular weight is 464 g/mol. The third-order valence-corrected chi connectivity index (χ3v) is 6.86. The Balaban J connectivity index is 1.16. The number of ether oxygens (including phenoxy) is 1. The Bertz CT molecular complexity index is 1150. The standard InChI is InChI=1S/C26H30FN5O2/c1-18-23-14-21(27)6-7-24(23)30-26(29-18)31-12-8-20(9-13-31)25(33)32-11-3-5-22(16-32)34-17-19-4-2-10-28-15-19/h2,4,6-7,10,14-15,20,22H,3,5,8-9,11-13,16-17H2,1H3. The van der Waals surface area contributed by atoms with Crippen molar-refractivity contribution < 1.29 is 13.9 Å². The molecule has 178 valence electrons. The van der Waals surface area contributed by atoms with Crippen molar-refractivity contribution >= 4 is 22.8 Å². The summed E-state index contributed by atoms with van der Waals surface area (Å²) in [4.78, 5) is 30.8. The lowest BCUT2D eigenvalue weighted by atomic mass is 9.94. The summed E-state index contributed by atoms with van der Waals surface area (Å²) in [5.41, 5.74) is 2.56. The number of carbonyl (C=O) groups is 1. The minimum Gasteiger partial charge on any atom is -0.372 e. The summed E-state index contributed by atoms with van der Waals surface area (Å²) in [5, 5.41) is 0.735. The van der Waals surface area contributed by atoms with E-state index in [9.17, 15) is 9.18 Å². The van der Waals surface area contributed by atoms with Crippen LogP contribution in [0.1, 0.15) is 36.9 Å². The number of amides is 1. The molecule has 0 N–H and O–H groups in total. The molecule has 34 heavy (non-hydrogen) atoms. The summed E-state index contributed by atoms with van der Waals surface area (Å²) in [5.74, 6) is 0.627. The topological polar surface area (TPSA) is 71.5 Å². The third-order valence-electron chi connectivity index (χ3n) is 6.86. The van der Waals surface area contributed by atoms with Crippen molar-refractivity contribution in [2.24, 2.45) is 5.92 Å². The molecule has 2 fully saturated rings. The van der Waals surface area contributed by atoms with Crippen molar-refractivity contribution in [2.45, 2.75) is 45.3 Å². The van der Waals surface area contributed by atoms with E-state index in [2.05, 4.69) is 19.9 Å². The highest BCUT2D eigenvalue weighted by atomic mass is 19.1. The molecule has 0 saturated carbocycles. The highest BCUT2D eigenvalue weighted by Gasteiger charge is 2.32. The predicted molar refractivity (Wildman–Crippen MR) is 128 cm³/mol. The van der Waals surface area contributed by atoms with Gasteiger partial charge in [0.05, 0.1) is 23.9 Å². The molecular weight excluding hydrogens is 433 g/mol. The first-order valence-corrected chi connectivity index (χ1v) is 12.0. The number of carbonyl (C=O) groups excluding carboxylic acids is 1. The maximum Gasteiger partial charge on any atom is 0.226 e. The molecule has 4 heterocycles. The first-order chi connectivity index (χ1) is 16.6. The summed E-state index contributed by atoms with van der Waals surface area (Å²) in [7, 11) is 0. The van der Waals surface area contributed by atoms with Crippen LogP contribution < -0.4 is 4.90 Å². The minimum absolute atomic E-state index is 0.0176. The van der Waals surface area contributed by atoms with E-state index in [-0.39, 0.29) is 23.7 Å². The molecule has 2 aliphatic heterocycles. The summed E-state index contributed by atoms with van der Waals surface area (Å²) >= 11 is 0. The molecule has 0 aliphatic carbocycles. The van der Waals surface area contributed by atoms with Crippen LogP contribution in [0, 0.1) is 18.7 Å². The molecule has 2 aliphatic rings. The van der Waals surface area contributed by atoms with Crippen molar-refractivity contribution in [1.29, 1.82) is 0 Å². The van der Waals surface area contributed by atoms with Crippen LogP contribution in [-0.4, -0.2) is 58.0 Å². The van der Waals surface area contributed by atoms with E-state index in [1.807, 2.05) is 30.2 Å². The molecule has 5 rings (SSSR count). The summed E-state index contributed by atoms with van der Waals surface area (Å²) < 4.78 is 19.7. The van der Waals surface area contributed by atoms with Crippen LogP contribution in [0.5, 0.6) is 0 Å². The first kappa shape index (κ1) is 22.7. The SMILES string of the molecule is Cc1nc(N2CCC(C(=O)N3CCCC(OCc4cccnc4)C3)CC2)nc2ccc(F)cc12. The zero-order valence-electron chi connectivity index (χ0n) is 19.5. The van der Waals surface area contributed by atoms with Gasteiger partial charge >= 0.3 is 0 Å². The fourth-order valence-electron chi connectivity index (χ4n) is 4.94. The van der Waals surface area contributed by atoms with Crippen LogP contribution in [0.4, 0.5) is 10.3 Å². The Kier molecular flexibility index (Phi) is 6.67. The van der Waals surface area contributed by atoms with E-state index >= 15 is 0 Å². The zero-order chi connectivity index (χ0) is 23.5. The van der Waals surface area contributed by atoms with Crippen LogP contribution >= 0.6 is 0 Å². The maximum atomic E-state index is 13.6. The lowest BCUT2D eigenvalue weighted by Gasteiger charge is -2.37. The molecule has 1 aromatic carbocycles. The Labute approximate surface area is 199 Å². The number of hydrogen-bond acceptors (Lipinski definition) is 6. The predicted octanol–water partition coefficient (Wildman–Crippen LogP) is 3.90. The average Bonchev–Trinajstić information content (AvgIpc) is 2.88. The summed E-state index contributed by atoms with van der Waals surface area (Å²) in [6.45, 7) is 5.33.